The second kappa shape index (κ2) is 17.4. The normalized spacial score (nSPS) is 13.1. The number of benzene rings is 1. The summed E-state index contributed by atoms with van der Waals surface area (Å²) < 4.78 is 32.7. The maximum atomic E-state index is 13.7. The highest BCUT2D eigenvalue weighted by molar-refractivity contribution is 5.55. The highest BCUT2D eigenvalue weighted by Gasteiger charge is 2.19. The van der Waals surface area contributed by atoms with E-state index in [1.165, 1.54) is 69.8 Å². The van der Waals surface area contributed by atoms with E-state index in [4.69, 9.17) is 4.74 Å². The molecule has 0 bridgehead atoms. The SMILES string of the molecule is CCCCCCCCCCCCc1ccc(-c2ncc(OCCC(F)C(F)CCC)cn2)cc1. The van der Waals surface area contributed by atoms with Gasteiger partial charge in [-0.05, 0) is 24.8 Å². The molecule has 0 N–H and O–H groups in total. The van der Waals surface area contributed by atoms with Crippen LogP contribution in [0.2, 0.25) is 0 Å². The second-order valence-corrected chi connectivity index (χ2v) is 9.33. The van der Waals surface area contributed by atoms with Gasteiger partial charge < -0.3 is 4.74 Å². The van der Waals surface area contributed by atoms with Crippen molar-refractivity contribution in [1.29, 1.82) is 0 Å². The summed E-state index contributed by atoms with van der Waals surface area (Å²) in [6, 6.07) is 8.43. The van der Waals surface area contributed by atoms with Gasteiger partial charge in [0.15, 0.2) is 11.6 Å². The summed E-state index contributed by atoms with van der Waals surface area (Å²) >= 11 is 0. The van der Waals surface area contributed by atoms with Gasteiger partial charge in [-0.25, -0.2) is 18.7 Å². The van der Waals surface area contributed by atoms with Gasteiger partial charge in [-0.1, -0.05) is 102 Å². The first-order valence-corrected chi connectivity index (χ1v) is 13.5. The maximum Gasteiger partial charge on any atom is 0.159 e. The third-order valence-corrected chi connectivity index (χ3v) is 6.28. The van der Waals surface area contributed by atoms with Crippen LogP contribution in [0.15, 0.2) is 36.7 Å². The minimum Gasteiger partial charge on any atom is -0.490 e. The van der Waals surface area contributed by atoms with Crippen molar-refractivity contribution in [3.8, 4) is 17.1 Å². The van der Waals surface area contributed by atoms with Crippen molar-refractivity contribution in [2.75, 3.05) is 6.61 Å². The van der Waals surface area contributed by atoms with Gasteiger partial charge in [-0.3, -0.25) is 0 Å². The number of alkyl halides is 2. The molecule has 0 spiro atoms. The van der Waals surface area contributed by atoms with Crippen molar-refractivity contribution in [3.05, 3.63) is 42.2 Å². The van der Waals surface area contributed by atoms with E-state index in [1.807, 2.05) is 6.92 Å². The smallest absolute Gasteiger partial charge is 0.159 e. The maximum absolute atomic E-state index is 13.7. The highest BCUT2D eigenvalue weighted by Crippen LogP contribution is 2.20. The minimum atomic E-state index is -1.49. The molecule has 0 saturated carbocycles. The summed E-state index contributed by atoms with van der Waals surface area (Å²) in [5, 5.41) is 0. The number of rotatable bonds is 19. The van der Waals surface area contributed by atoms with Gasteiger partial charge in [0.1, 0.15) is 12.3 Å². The van der Waals surface area contributed by atoms with Crippen molar-refractivity contribution in [2.45, 2.75) is 116 Å². The molecular formula is C29H44F2N2O. The molecule has 2 rings (SSSR count). The summed E-state index contributed by atoms with van der Waals surface area (Å²) in [7, 11) is 0. The van der Waals surface area contributed by atoms with Crippen LogP contribution in [0, 0.1) is 0 Å². The van der Waals surface area contributed by atoms with Gasteiger partial charge in [0.2, 0.25) is 0 Å². The summed E-state index contributed by atoms with van der Waals surface area (Å²) in [4.78, 5) is 8.73. The van der Waals surface area contributed by atoms with Crippen LogP contribution in [0.1, 0.15) is 103 Å². The number of hydrogen-bond donors (Lipinski definition) is 0. The Bertz CT molecular complexity index is 752. The second-order valence-electron chi connectivity index (χ2n) is 9.33. The number of aromatic nitrogens is 2. The van der Waals surface area contributed by atoms with Gasteiger partial charge in [0.25, 0.3) is 0 Å². The Balaban J connectivity index is 1.63. The molecule has 34 heavy (non-hydrogen) atoms. The van der Waals surface area contributed by atoms with E-state index in [2.05, 4.69) is 41.2 Å². The van der Waals surface area contributed by atoms with E-state index in [0.29, 0.717) is 18.0 Å². The van der Waals surface area contributed by atoms with Crippen molar-refractivity contribution in [1.82, 2.24) is 9.97 Å². The third kappa shape index (κ3) is 11.4. The number of aryl methyl sites for hydroxylation is 1. The molecule has 0 amide bonds. The molecule has 0 aliphatic carbocycles. The van der Waals surface area contributed by atoms with Crippen molar-refractivity contribution in [3.63, 3.8) is 0 Å². The molecule has 1 aromatic heterocycles. The van der Waals surface area contributed by atoms with Crippen LogP contribution in [0.4, 0.5) is 8.78 Å². The zero-order valence-corrected chi connectivity index (χ0v) is 21.3. The Morgan fingerprint density at radius 2 is 1.26 bits per heavy atom. The molecule has 5 heteroatoms. The number of halogens is 2. The summed E-state index contributed by atoms with van der Waals surface area (Å²) in [5.74, 6) is 1.10. The zero-order valence-electron chi connectivity index (χ0n) is 21.3. The van der Waals surface area contributed by atoms with Gasteiger partial charge in [-0.15, -0.1) is 0 Å². The van der Waals surface area contributed by atoms with E-state index < -0.39 is 12.3 Å². The van der Waals surface area contributed by atoms with E-state index in [9.17, 15) is 8.78 Å². The molecule has 190 valence electrons. The van der Waals surface area contributed by atoms with Crippen LogP contribution >= 0.6 is 0 Å². The summed E-state index contributed by atoms with van der Waals surface area (Å²) in [6.45, 7) is 4.23. The van der Waals surface area contributed by atoms with Gasteiger partial charge in [0.05, 0.1) is 19.0 Å². The quantitative estimate of drug-likeness (QED) is 0.191. The lowest BCUT2D eigenvalue weighted by atomic mass is 10.0. The van der Waals surface area contributed by atoms with Crippen molar-refractivity contribution in [2.24, 2.45) is 0 Å². The van der Waals surface area contributed by atoms with E-state index >= 15 is 0 Å². The average Bonchev–Trinajstić information content (AvgIpc) is 2.86. The molecule has 2 unspecified atom stereocenters. The fraction of sp³-hybridized carbons (Fsp3) is 0.655. The third-order valence-electron chi connectivity index (χ3n) is 6.28. The minimum absolute atomic E-state index is 0.0312. The molecule has 0 aliphatic rings. The fourth-order valence-electron chi connectivity index (χ4n) is 4.10. The van der Waals surface area contributed by atoms with Crippen LogP contribution in [-0.2, 0) is 6.42 Å². The monoisotopic (exact) mass is 474 g/mol. The lowest BCUT2D eigenvalue weighted by Crippen LogP contribution is -2.19. The number of ether oxygens (including phenoxy) is 1. The molecular weight excluding hydrogens is 430 g/mol. The topological polar surface area (TPSA) is 35.0 Å². The van der Waals surface area contributed by atoms with Crippen LogP contribution in [0.5, 0.6) is 5.75 Å². The molecule has 1 aromatic carbocycles. The van der Waals surface area contributed by atoms with Crippen LogP contribution in [0.25, 0.3) is 11.4 Å². The summed E-state index contributed by atoms with van der Waals surface area (Å²) in [6.07, 6.45) is 15.8. The number of nitrogens with zero attached hydrogens (tertiary/aromatic N) is 2. The van der Waals surface area contributed by atoms with E-state index in [-0.39, 0.29) is 19.4 Å². The molecule has 1 heterocycles. The first kappa shape index (κ1) is 28.2. The number of unbranched alkanes of at least 4 members (excludes halogenated alkanes) is 9. The standard InChI is InChI=1S/C29H44F2N2O/c1-3-5-6-7-8-9-10-11-12-13-15-24-16-18-25(19-17-24)29-32-22-26(23-33-29)34-21-20-28(31)27(30)14-4-2/h16-19,22-23,27-28H,3-15,20-21H2,1-2H3. The molecule has 0 aliphatic heterocycles. The lowest BCUT2D eigenvalue weighted by molar-refractivity contribution is 0.129. The Morgan fingerprint density at radius 3 is 1.85 bits per heavy atom. The van der Waals surface area contributed by atoms with Crippen LogP contribution < -0.4 is 4.74 Å². The molecule has 0 radical (unpaired) electrons. The van der Waals surface area contributed by atoms with Crippen LogP contribution in [-0.4, -0.2) is 28.9 Å². The van der Waals surface area contributed by atoms with Crippen molar-refractivity contribution < 1.29 is 13.5 Å². The van der Waals surface area contributed by atoms with E-state index in [1.54, 1.807) is 12.4 Å². The largest absolute Gasteiger partial charge is 0.490 e. The Hall–Kier alpha value is -2.04. The van der Waals surface area contributed by atoms with Gasteiger partial charge >= 0.3 is 0 Å². The first-order valence-electron chi connectivity index (χ1n) is 13.5. The Kier molecular flexibility index (Phi) is 14.4. The first-order chi connectivity index (χ1) is 16.6. The summed E-state index contributed by atoms with van der Waals surface area (Å²) in [5.41, 5.74) is 2.31. The zero-order chi connectivity index (χ0) is 24.4. The molecule has 3 nitrogen and oxygen atoms in total. The average molecular weight is 475 g/mol. The van der Waals surface area contributed by atoms with E-state index in [0.717, 1.165) is 12.0 Å². The molecule has 2 aromatic rings. The van der Waals surface area contributed by atoms with Gasteiger partial charge in [-0.2, -0.15) is 0 Å². The predicted octanol–water partition coefficient (Wildman–Crippen LogP) is 8.85. The Morgan fingerprint density at radius 1 is 0.706 bits per heavy atom. The number of hydrogen-bond acceptors (Lipinski definition) is 3. The van der Waals surface area contributed by atoms with Crippen molar-refractivity contribution >= 4 is 0 Å². The molecule has 0 saturated heterocycles. The van der Waals surface area contributed by atoms with Crippen LogP contribution in [0.3, 0.4) is 0 Å². The van der Waals surface area contributed by atoms with Gasteiger partial charge in [0, 0.05) is 12.0 Å². The Labute approximate surface area is 205 Å². The predicted molar refractivity (Wildman–Crippen MR) is 138 cm³/mol. The highest BCUT2D eigenvalue weighted by atomic mass is 19.2. The lowest BCUT2D eigenvalue weighted by Gasteiger charge is -2.13. The fourth-order valence-corrected chi connectivity index (χ4v) is 4.10. The molecule has 2 atom stereocenters. The molecule has 0 fully saturated rings.